The highest BCUT2D eigenvalue weighted by atomic mass is 16.3. The summed E-state index contributed by atoms with van der Waals surface area (Å²) in [5, 5.41) is 0. The summed E-state index contributed by atoms with van der Waals surface area (Å²) in [6.07, 6.45) is 0. The zero-order chi connectivity index (χ0) is 13.5. The van der Waals surface area contributed by atoms with Crippen molar-refractivity contribution in [3.8, 4) is 0 Å². The van der Waals surface area contributed by atoms with E-state index in [0.29, 0.717) is 5.69 Å². The number of hydrogen-bond donors (Lipinski definition) is 1. The average Bonchev–Trinajstić information content (AvgIpc) is 3.00. The van der Waals surface area contributed by atoms with E-state index in [1.807, 2.05) is 18.2 Å². The summed E-state index contributed by atoms with van der Waals surface area (Å²) in [7, 11) is 0. The fourth-order valence-electron chi connectivity index (χ4n) is 2.76. The van der Waals surface area contributed by atoms with E-state index < -0.39 is 0 Å². The van der Waals surface area contributed by atoms with E-state index in [0.717, 1.165) is 36.6 Å². The molecule has 0 amide bonds. The SMILES string of the molecule is Nc1ccc2nc(CN3Cc4ccccc4C3)oc2c1. The van der Waals surface area contributed by atoms with Gasteiger partial charge in [0.25, 0.3) is 0 Å². The Morgan fingerprint density at radius 3 is 2.60 bits per heavy atom. The summed E-state index contributed by atoms with van der Waals surface area (Å²) >= 11 is 0. The standard InChI is InChI=1S/C16H15N3O/c17-13-5-6-14-15(7-13)20-16(18-14)10-19-8-11-3-1-2-4-12(11)9-19/h1-7H,8-10,17H2. The normalized spacial score (nSPS) is 14.8. The molecule has 4 nitrogen and oxygen atoms in total. The number of nitrogens with zero attached hydrogens (tertiary/aromatic N) is 2. The minimum Gasteiger partial charge on any atom is -0.439 e. The first kappa shape index (κ1) is 11.5. The van der Waals surface area contributed by atoms with Crippen LogP contribution < -0.4 is 5.73 Å². The van der Waals surface area contributed by atoms with Crippen LogP contribution in [0.25, 0.3) is 11.1 Å². The minimum absolute atomic E-state index is 0.703. The molecule has 3 aromatic rings. The van der Waals surface area contributed by atoms with Crippen LogP contribution in [0.3, 0.4) is 0 Å². The second-order valence-corrected chi connectivity index (χ2v) is 5.25. The van der Waals surface area contributed by atoms with E-state index in [1.54, 1.807) is 0 Å². The largest absolute Gasteiger partial charge is 0.439 e. The molecule has 0 saturated carbocycles. The Kier molecular flexibility index (Phi) is 2.50. The number of anilines is 1. The van der Waals surface area contributed by atoms with Gasteiger partial charge in [0.2, 0.25) is 5.89 Å². The van der Waals surface area contributed by atoms with Crippen LogP contribution in [-0.4, -0.2) is 9.88 Å². The number of nitrogens with two attached hydrogens (primary N) is 1. The molecule has 0 spiro atoms. The summed E-state index contributed by atoms with van der Waals surface area (Å²) in [6, 6.07) is 14.1. The number of hydrogen-bond acceptors (Lipinski definition) is 4. The number of aromatic nitrogens is 1. The molecule has 2 aromatic carbocycles. The van der Waals surface area contributed by atoms with Gasteiger partial charge >= 0.3 is 0 Å². The van der Waals surface area contributed by atoms with Gasteiger partial charge in [0.15, 0.2) is 5.58 Å². The van der Waals surface area contributed by atoms with Gasteiger partial charge in [-0.2, -0.15) is 0 Å². The van der Waals surface area contributed by atoms with Gasteiger partial charge < -0.3 is 10.2 Å². The Morgan fingerprint density at radius 2 is 1.85 bits per heavy atom. The highest BCUT2D eigenvalue weighted by Crippen LogP contribution is 2.25. The lowest BCUT2D eigenvalue weighted by Crippen LogP contribution is -2.15. The van der Waals surface area contributed by atoms with Gasteiger partial charge in [0.1, 0.15) is 5.52 Å². The summed E-state index contributed by atoms with van der Waals surface area (Å²) in [5.41, 5.74) is 10.9. The molecule has 2 heterocycles. The van der Waals surface area contributed by atoms with Crippen molar-refractivity contribution in [3.05, 3.63) is 59.5 Å². The van der Waals surface area contributed by atoms with Crippen molar-refractivity contribution >= 4 is 16.8 Å². The van der Waals surface area contributed by atoms with Crippen molar-refractivity contribution in [2.24, 2.45) is 0 Å². The van der Waals surface area contributed by atoms with Crippen LogP contribution in [0.4, 0.5) is 5.69 Å². The summed E-state index contributed by atoms with van der Waals surface area (Å²) in [6.45, 7) is 2.64. The smallest absolute Gasteiger partial charge is 0.209 e. The highest BCUT2D eigenvalue weighted by molar-refractivity contribution is 5.76. The molecule has 0 radical (unpaired) electrons. The van der Waals surface area contributed by atoms with E-state index in [1.165, 1.54) is 11.1 Å². The molecule has 2 N–H and O–H groups in total. The Morgan fingerprint density at radius 1 is 1.10 bits per heavy atom. The molecule has 0 atom stereocenters. The maximum absolute atomic E-state index is 5.78. The van der Waals surface area contributed by atoms with Crippen LogP contribution in [0, 0.1) is 0 Å². The van der Waals surface area contributed by atoms with Crippen LogP contribution in [0.5, 0.6) is 0 Å². The predicted octanol–water partition coefficient (Wildman–Crippen LogP) is 2.93. The molecule has 0 aliphatic carbocycles. The van der Waals surface area contributed by atoms with Gasteiger partial charge in [0, 0.05) is 24.8 Å². The molecule has 0 fully saturated rings. The fraction of sp³-hybridized carbons (Fsp3) is 0.188. The lowest BCUT2D eigenvalue weighted by atomic mass is 10.1. The molecule has 4 heteroatoms. The summed E-state index contributed by atoms with van der Waals surface area (Å²) < 4.78 is 5.78. The zero-order valence-electron chi connectivity index (χ0n) is 11.0. The predicted molar refractivity (Wildman–Crippen MR) is 77.8 cm³/mol. The van der Waals surface area contributed by atoms with Crippen molar-refractivity contribution < 1.29 is 4.42 Å². The second-order valence-electron chi connectivity index (χ2n) is 5.25. The first-order chi connectivity index (χ1) is 9.78. The fourth-order valence-corrected chi connectivity index (χ4v) is 2.76. The van der Waals surface area contributed by atoms with Gasteiger partial charge in [-0.3, -0.25) is 4.90 Å². The topological polar surface area (TPSA) is 55.3 Å². The first-order valence-corrected chi connectivity index (χ1v) is 6.72. The van der Waals surface area contributed by atoms with Gasteiger partial charge in [-0.25, -0.2) is 4.98 Å². The van der Waals surface area contributed by atoms with Gasteiger partial charge in [-0.05, 0) is 23.3 Å². The van der Waals surface area contributed by atoms with Crippen molar-refractivity contribution in [2.75, 3.05) is 5.73 Å². The molecule has 0 bridgehead atoms. The van der Waals surface area contributed by atoms with Gasteiger partial charge in [0.05, 0.1) is 6.54 Å². The summed E-state index contributed by atoms with van der Waals surface area (Å²) in [5.74, 6) is 0.749. The first-order valence-electron chi connectivity index (χ1n) is 6.72. The van der Waals surface area contributed by atoms with Crippen LogP contribution in [0.15, 0.2) is 46.9 Å². The van der Waals surface area contributed by atoms with Crippen molar-refractivity contribution in [1.29, 1.82) is 0 Å². The Labute approximate surface area is 116 Å². The van der Waals surface area contributed by atoms with Crippen molar-refractivity contribution in [2.45, 2.75) is 19.6 Å². The van der Waals surface area contributed by atoms with Gasteiger partial charge in [-0.1, -0.05) is 24.3 Å². The monoisotopic (exact) mass is 265 g/mol. The number of oxazole rings is 1. The van der Waals surface area contributed by atoms with Crippen molar-refractivity contribution in [3.63, 3.8) is 0 Å². The molecular formula is C16H15N3O. The van der Waals surface area contributed by atoms with E-state index in [4.69, 9.17) is 10.2 Å². The zero-order valence-corrected chi connectivity index (χ0v) is 11.0. The minimum atomic E-state index is 0.703. The Hall–Kier alpha value is -2.33. The van der Waals surface area contributed by atoms with Crippen molar-refractivity contribution in [1.82, 2.24) is 9.88 Å². The maximum atomic E-state index is 5.78. The van der Waals surface area contributed by atoms with E-state index in [9.17, 15) is 0 Å². The van der Waals surface area contributed by atoms with Crippen LogP contribution in [0.2, 0.25) is 0 Å². The number of rotatable bonds is 2. The molecule has 1 aromatic heterocycles. The molecule has 4 rings (SSSR count). The summed E-state index contributed by atoms with van der Waals surface area (Å²) in [4.78, 5) is 6.85. The number of nitrogen functional groups attached to an aromatic ring is 1. The van der Waals surface area contributed by atoms with E-state index in [-0.39, 0.29) is 0 Å². The number of fused-ring (bicyclic) bond motifs is 2. The third kappa shape index (κ3) is 1.94. The molecule has 20 heavy (non-hydrogen) atoms. The molecule has 100 valence electrons. The maximum Gasteiger partial charge on any atom is 0.209 e. The lowest BCUT2D eigenvalue weighted by Gasteiger charge is -2.11. The van der Waals surface area contributed by atoms with E-state index >= 15 is 0 Å². The average molecular weight is 265 g/mol. The molecule has 1 aliphatic rings. The quantitative estimate of drug-likeness (QED) is 0.724. The Bertz CT molecular complexity index is 753. The molecule has 0 unspecified atom stereocenters. The highest BCUT2D eigenvalue weighted by Gasteiger charge is 2.20. The van der Waals surface area contributed by atoms with Gasteiger partial charge in [-0.15, -0.1) is 0 Å². The molecule has 1 aliphatic heterocycles. The van der Waals surface area contributed by atoms with Crippen LogP contribution in [0.1, 0.15) is 17.0 Å². The lowest BCUT2D eigenvalue weighted by molar-refractivity contribution is 0.248. The Balaban J connectivity index is 1.57. The van der Waals surface area contributed by atoms with Crippen LogP contribution in [-0.2, 0) is 19.6 Å². The number of benzene rings is 2. The second kappa shape index (κ2) is 4.35. The van der Waals surface area contributed by atoms with Crippen LogP contribution >= 0.6 is 0 Å². The molecular weight excluding hydrogens is 250 g/mol. The molecule has 0 saturated heterocycles. The van der Waals surface area contributed by atoms with E-state index in [2.05, 4.69) is 34.1 Å². The third-order valence-electron chi connectivity index (χ3n) is 3.72. The third-order valence-corrected chi connectivity index (χ3v) is 3.72.